The molecule has 0 rings (SSSR count). The Bertz CT molecular complexity index is 370. The van der Waals surface area contributed by atoms with Gasteiger partial charge in [0, 0.05) is 0 Å². The minimum absolute atomic E-state index is 0.0397. The Balaban J connectivity index is 4.65. The lowest BCUT2D eigenvalue weighted by molar-refractivity contribution is -0.145. The number of primary amides is 1. The van der Waals surface area contributed by atoms with Crippen LogP contribution < -0.4 is 11.1 Å². The highest BCUT2D eigenvalue weighted by molar-refractivity contribution is 5.89. The molecule has 0 fully saturated rings. The first-order valence-electron chi connectivity index (χ1n) is 7.12. The van der Waals surface area contributed by atoms with Gasteiger partial charge in [0.2, 0.25) is 11.8 Å². The largest absolute Gasteiger partial charge is 0.466 e. The van der Waals surface area contributed by atoms with E-state index in [2.05, 4.69) is 5.32 Å². The van der Waals surface area contributed by atoms with E-state index in [1.54, 1.807) is 13.8 Å². The molecule has 0 heterocycles. The zero-order valence-corrected chi connectivity index (χ0v) is 13.1. The SMILES string of the molecule is CCOC(=O)C[C@@H](C)[C@H](NC(=O)[C@H](O)CC(C)C)C(N)=O. The van der Waals surface area contributed by atoms with E-state index in [0.29, 0.717) is 0 Å². The maximum absolute atomic E-state index is 11.8. The summed E-state index contributed by atoms with van der Waals surface area (Å²) in [5.41, 5.74) is 5.25. The molecular weight excluding hydrogens is 276 g/mol. The van der Waals surface area contributed by atoms with E-state index in [0.717, 1.165) is 0 Å². The first-order chi connectivity index (χ1) is 9.68. The molecule has 0 unspecified atom stereocenters. The molecule has 0 aliphatic heterocycles. The van der Waals surface area contributed by atoms with Crippen molar-refractivity contribution in [2.24, 2.45) is 17.6 Å². The van der Waals surface area contributed by atoms with Crippen LogP contribution >= 0.6 is 0 Å². The average Bonchev–Trinajstić information content (AvgIpc) is 2.34. The van der Waals surface area contributed by atoms with Crippen molar-refractivity contribution < 1.29 is 24.2 Å². The molecule has 3 atom stereocenters. The second-order valence-electron chi connectivity index (χ2n) is 5.52. The van der Waals surface area contributed by atoms with Gasteiger partial charge in [0.25, 0.3) is 0 Å². The van der Waals surface area contributed by atoms with Gasteiger partial charge in [0.15, 0.2) is 0 Å². The van der Waals surface area contributed by atoms with Gasteiger partial charge < -0.3 is 20.9 Å². The zero-order valence-electron chi connectivity index (χ0n) is 13.1. The number of hydrogen-bond donors (Lipinski definition) is 3. The summed E-state index contributed by atoms with van der Waals surface area (Å²) in [6, 6.07) is -1.02. The van der Waals surface area contributed by atoms with Crippen molar-refractivity contribution >= 4 is 17.8 Å². The van der Waals surface area contributed by atoms with Crippen molar-refractivity contribution in [1.82, 2.24) is 5.32 Å². The Kier molecular flexibility index (Phi) is 8.61. The molecule has 0 aliphatic carbocycles. The van der Waals surface area contributed by atoms with Crippen molar-refractivity contribution in [3.05, 3.63) is 0 Å². The summed E-state index contributed by atoms with van der Waals surface area (Å²) < 4.78 is 4.79. The number of hydrogen-bond acceptors (Lipinski definition) is 5. The Morgan fingerprint density at radius 1 is 1.24 bits per heavy atom. The molecule has 7 nitrogen and oxygen atoms in total. The third-order valence-electron chi connectivity index (χ3n) is 2.96. The van der Waals surface area contributed by atoms with Crippen LogP contribution in [0.15, 0.2) is 0 Å². The zero-order chi connectivity index (χ0) is 16.6. The average molecular weight is 302 g/mol. The van der Waals surface area contributed by atoms with Gasteiger partial charge in [-0.25, -0.2) is 0 Å². The number of ether oxygens (including phenoxy) is 1. The Labute approximate surface area is 125 Å². The molecule has 4 N–H and O–H groups in total. The molecule has 7 heteroatoms. The number of nitrogens with one attached hydrogen (secondary N) is 1. The Morgan fingerprint density at radius 3 is 2.24 bits per heavy atom. The van der Waals surface area contributed by atoms with E-state index in [1.165, 1.54) is 0 Å². The summed E-state index contributed by atoms with van der Waals surface area (Å²) >= 11 is 0. The van der Waals surface area contributed by atoms with Crippen LogP contribution in [0.1, 0.15) is 40.5 Å². The van der Waals surface area contributed by atoms with Gasteiger partial charge in [-0.2, -0.15) is 0 Å². The Morgan fingerprint density at radius 2 is 1.81 bits per heavy atom. The topological polar surface area (TPSA) is 119 Å². The minimum Gasteiger partial charge on any atom is -0.466 e. The molecular formula is C14H26N2O5. The molecule has 0 aromatic rings. The van der Waals surface area contributed by atoms with E-state index >= 15 is 0 Å². The molecule has 21 heavy (non-hydrogen) atoms. The fraction of sp³-hybridized carbons (Fsp3) is 0.786. The van der Waals surface area contributed by atoms with Crippen LogP contribution in [0.4, 0.5) is 0 Å². The summed E-state index contributed by atoms with van der Waals surface area (Å²) in [6.07, 6.45) is -0.965. The third kappa shape index (κ3) is 7.65. The number of nitrogens with two attached hydrogens (primary N) is 1. The highest BCUT2D eigenvalue weighted by Crippen LogP contribution is 2.11. The fourth-order valence-corrected chi connectivity index (χ4v) is 1.90. The molecule has 122 valence electrons. The predicted molar refractivity (Wildman–Crippen MR) is 77.0 cm³/mol. The number of esters is 1. The van der Waals surface area contributed by atoms with E-state index in [9.17, 15) is 19.5 Å². The molecule has 0 bridgehead atoms. The van der Waals surface area contributed by atoms with Crippen LogP contribution in [0.2, 0.25) is 0 Å². The van der Waals surface area contributed by atoms with Gasteiger partial charge in [-0.05, 0) is 25.2 Å². The van der Waals surface area contributed by atoms with Gasteiger partial charge >= 0.3 is 5.97 Å². The molecule has 2 amide bonds. The summed E-state index contributed by atoms with van der Waals surface area (Å²) in [6.45, 7) is 7.27. The lowest BCUT2D eigenvalue weighted by Gasteiger charge is -2.23. The first-order valence-corrected chi connectivity index (χ1v) is 7.12. The summed E-state index contributed by atoms with van der Waals surface area (Å²) in [5, 5.41) is 12.1. The third-order valence-corrected chi connectivity index (χ3v) is 2.96. The maximum atomic E-state index is 11.8. The van der Waals surface area contributed by atoms with Crippen molar-refractivity contribution in [3.63, 3.8) is 0 Å². The summed E-state index contributed by atoms with van der Waals surface area (Å²) in [5.74, 6) is -2.26. The number of rotatable bonds is 9. The van der Waals surface area contributed by atoms with Gasteiger partial charge in [0.1, 0.15) is 12.1 Å². The van der Waals surface area contributed by atoms with E-state index in [1.807, 2.05) is 13.8 Å². The second kappa shape index (κ2) is 9.33. The standard InChI is InChI=1S/C14H26N2O5/c1-5-21-11(18)7-9(4)12(13(15)19)16-14(20)10(17)6-8(2)3/h8-10,12,17H,5-7H2,1-4H3,(H2,15,19)(H,16,20)/t9-,10-,12+/m1/s1. The number of carbonyl (C=O) groups is 3. The van der Waals surface area contributed by atoms with E-state index < -0.39 is 35.8 Å². The van der Waals surface area contributed by atoms with Crippen LogP contribution in [-0.2, 0) is 19.1 Å². The second-order valence-corrected chi connectivity index (χ2v) is 5.52. The molecule has 0 aliphatic rings. The molecule has 0 radical (unpaired) electrons. The predicted octanol–water partition coefficient (Wildman–Crippen LogP) is -0.0472. The van der Waals surface area contributed by atoms with Gasteiger partial charge in [-0.3, -0.25) is 14.4 Å². The number of aliphatic hydroxyl groups excluding tert-OH is 1. The van der Waals surface area contributed by atoms with Crippen LogP contribution in [0.25, 0.3) is 0 Å². The van der Waals surface area contributed by atoms with Crippen LogP contribution in [0.5, 0.6) is 0 Å². The first kappa shape index (κ1) is 19.4. The Hall–Kier alpha value is -1.63. The van der Waals surface area contributed by atoms with Crippen LogP contribution in [-0.4, -0.2) is 41.6 Å². The monoisotopic (exact) mass is 302 g/mol. The van der Waals surface area contributed by atoms with Gasteiger partial charge in [0.05, 0.1) is 13.0 Å². The van der Waals surface area contributed by atoms with Crippen LogP contribution in [0.3, 0.4) is 0 Å². The number of aliphatic hydroxyl groups is 1. The molecule has 0 aromatic carbocycles. The highest BCUT2D eigenvalue weighted by atomic mass is 16.5. The van der Waals surface area contributed by atoms with Crippen molar-refractivity contribution in [1.29, 1.82) is 0 Å². The van der Waals surface area contributed by atoms with Crippen molar-refractivity contribution in [2.75, 3.05) is 6.61 Å². The lowest BCUT2D eigenvalue weighted by Crippen LogP contribution is -2.51. The van der Waals surface area contributed by atoms with E-state index in [4.69, 9.17) is 10.5 Å². The minimum atomic E-state index is -1.21. The van der Waals surface area contributed by atoms with Crippen LogP contribution in [0, 0.1) is 11.8 Å². The molecule has 0 saturated heterocycles. The normalized spacial score (nSPS) is 15.1. The summed E-state index contributed by atoms with van der Waals surface area (Å²) in [7, 11) is 0. The lowest BCUT2D eigenvalue weighted by atomic mass is 9.97. The molecule has 0 aromatic heterocycles. The quantitative estimate of drug-likeness (QED) is 0.516. The van der Waals surface area contributed by atoms with E-state index in [-0.39, 0.29) is 25.4 Å². The smallest absolute Gasteiger partial charge is 0.306 e. The fourth-order valence-electron chi connectivity index (χ4n) is 1.90. The maximum Gasteiger partial charge on any atom is 0.306 e. The highest BCUT2D eigenvalue weighted by Gasteiger charge is 2.29. The molecule has 0 spiro atoms. The van der Waals surface area contributed by atoms with Gasteiger partial charge in [-0.1, -0.05) is 20.8 Å². The number of amides is 2. The van der Waals surface area contributed by atoms with Crippen molar-refractivity contribution in [3.8, 4) is 0 Å². The number of carbonyl (C=O) groups excluding carboxylic acids is 3. The van der Waals surface area contributed by atoms with Crippen molar-refractivity contribution in [2.45, 2.75) is 52.7 Å². The molecule has 0 saturated carbocycles. The summed E-state index contributed by atoms with van der Waals surface area (Å²) in [4.78, 5) is 34.7. The van der Waals surface area contributed by atoms with Gasteiger partial charge in [-0.15, -0.1) is 0 Å².